The van der Waals surface area contributed by atoms with Crippen LogP contribution in [0.4, 0.5) is 18.0 Å². The third kappa shape index (κ3) is 5.07. The van der Waals surface area contributed by atoms with Gasteiger partial charge in [-0.2, -0.15) is 0 Å². The Hall–Kier alpha value is -4.14. The molecule has 0 atom stereocenters. The molecule has 0 spiro atoms. The van der Waals surface area contributed by atoms with Crippen molar-refractivity contribution in [1.82, 2.24) is 9.47 Å². The maximum atomic E-state index is 14.4. The first kappa shape index (κ1) is 25.9. The average Bonchev–Trinajstić information content (AvgIpc) is 3.29. The molecule has 1 aromatic heterocycles. The zero-order valence-corrected chi connectivity index (χ0v) is 21.0. The summed E-state index contributed by atoms with van der Waals surface area (Å²) in [7, 11) is 3.05. The van der Waals surface area contributed by atoms with Gasteiger partial charge < -0.3 is 23.7 Å². The topological polar surface area (TPSA) is 52.9 Å². The third-order valence-corrected chi connectivity index (χ3v) is 6.21. The number of hydrogen-bond donors (Lipinski definition) is 0. The van der Waals surface area contributed by atoms with Gasteiger partial charge in [0.05, 0.1) is 20.8 Å². The average molecular weight is 513 g/mol. The number of carbonyl (C=O) groups excluding carboxylic acids is 1. The van der Waals surface area contributed by atoms with E-state index in [0.717, 1.165) is 6.07 Å². The van der Waals surface area contributed by atoms with Gasteiger partial charge in [0.1, 0.15) is 11.6 Å². The molecular weight excluding hydrogens is 485 g/mol. The summed E-state index contributed by atoms with van der Waals surface area (Å²) in [6.45, 7) is 4.58. The molecule has 4 aromatic rings. The molecule has 3 aromatic carbocycles. The van der Waals surface area contributed by atoms with Gasteiger partial charge in [-0.25, -0.2) is 18.0 Å². The highest BCUT2D eigenvalue weighted by Gasteiger charge is 2.21. The van der Waals surface area contributed by atoms with Crippen LogP contribution in [0, 0.1) is 17.5 Å². The maximum Gasteiger partial charge on any atom is 0.415 e. The molecule has 6 nitrogen and oxygen atoms in total. The molecule has 0 fully saturated rings. The number of ether oxygens (including phenoxy) is 3. The molecule has 0 radical (unpaired) electrons. The number of benzene rings is 3. The number of hydrogen-bond acceptors (Lipinski definition) is 4. The Morgan fingerprint density at radius 2 is 1.59 bits per heavy atom. The molecule has 0 N–H and O–H groups in total. The van der Waals surface area contributed by atoms with Crippen LogP contribution in [0.3, 0.4) is 0 Å². The van der Waals surface area contributed by atoms with Crippen LogP contribution in [0.2, 0.25) is 0 Å². The van der Waals surface area contributed by atoms with E-state index in [4.69, 9.17) is 14.2 Å². The van der Waals surface area contributed by atoms with Crippen LogP contribution in [0.15, 0.2) is 54.7 Å². The zero-order valence-electron chi connectivity index (χ0n) is 21.0. The minimum absolute atomic E-state index is 0.103. The van der Waals surface area contributed by atoms with Crippen LogP contribution in [0.5, 0.6) is 17.2 Å². The fraction of sp³-hybridized carbons (Fsp3) is 0.250. The lowest BCUT2D eigenvalue weighted by atomic mass is 10.00. The minimum atomic E-state index is -1.25. The quantitative estimate of drug-likeness (QED) is 0.249. The van der Waals surface area contributed by atoms with E-state index in [2.05, 4.69) is 0 Å². The van der Waals surface area contributed by atoms with E-state index in [0.29, 0.717) is 58.4 Å². The van der Waals surface area contributed by atoms with Crippen LogP contribution in [-0.4, -0.2) is 42.9 Å². The summed E-state index contributed by atoms with van der Waals surface area (Å²) in [5, 5.41) is 0.689. The first-order chi connectivity index (χ1) is 17.8. The molecule has 194 valence electrons. The van der Waals surface area contributed by atoms with Gasteiger partial charge in [0.15, 0.2) is 23.1 Å². The smallest absolute Gasteiger partial charge is 0.415 e. The van der Waals surface area contributed by atoms with Crippen molar-refractivity contribution in [3.63, 3.8) is 0 Å². The van der Waals surface area contributed by atoms with Crippen LogP contribution < -0.4 is 14.2 Å². The molecule has 0 bridgehead atoms. The van der Waals surface area contributed by atoms with Gasteiger partial charge in [-0.3, -0.25) is 0 Å². The Labute approximate surface area is 212 Å². The molecule has 0 aliphatic rings. The van der Waals surface area contributed by atoms with Crippen molar-refractivity contribution >= 4 is 17.0 Å². The van der Waals surface area contributed by atoms with E-state index in [1.807, 2.05) is 19.9 Å². The third-order valence-electron chi connectivity index (χ3n) is 6.21. The second-order valence-electron chi connectivity index (χ2n) is 8.29. The van der Waals surface area contributed by atoms with Crippen molar-refractivity contribution in [3.8, 4) is 28.4 Å². The van der Waals surface area contributed by atoms with Crippen molar-refractivity contribution in [1.29, 1.82) is 0 Å². The van der Waals surface area contributed by atoms with E-state index in [1.165, 1.54) is 14.2 Å². The summed E-state index contributed by atoms with van der Waals surface area (Å²) >= 11 is 0. The van der Waals surface area contributed by atoms with Crippen molar-refractivity contribution in [2.45, 2.75) is 20.4 Å². The maximum absolute atomic E-state index is 14.4. The monoisotopic (exact) mass is 512 g/mol. The molecule has 0 aliphatic heterocycles. The van der Waals surface area contributed by atoms with Gasteiger partial charge in [0, 0.05) is 47.4 Å². The SMILES string of the molecule is CCN(CC)C(=O)Oc1ccc2c(ccn2Cc2cc(F)cc(F)c2F)c1-c1ccc(OC)c(OC)c1. The van der Waals surface area contributed by atoms with Gasteiger partial charge in [0.2, 0.25) is 0 Å². The molecule has 0 saturated carbocycles. The molecular formula is C28H27F3N2O4. The van der Waals surface area contributed by atoms with Gasteiger partial charge in [-0.15, -0.1) is 0 Å². The number of amides is 1. The summed E-state index contributed by atoms with van der Waals surface area (Å²) < 4.78 is 60.3. The Morgan fingerprint density at radius 3 is 2.27 bits per heavy atom. The number of halogens is 3. The van der Waals surface area contributed by atoms with Crippen molar-refractivity contribution < 1.29 is 32.2 Å². The largest absolute Gasteiger partial charge is 0.493 e. The molecule has 1 amide bonds. The molecule has 37 heavy (non-hydrogen) atoms. The fourth-order valence-corrected chi connectivity index (χ4v) is 4.31. The van der Waals surface area contributed by atoms with E-state index in [-0.39, 0.29) is 12.1 Å². The number of fused-ring (bicyclic) bond motifs is 1. The Balaban J connectivity index is 1.87. The molecule has 9 heteroatoms. The second-order valence-corrected chi connectivity index (χ2v) is 8.29. The molecule has 1 heterocycles. The summed E-state index contributed by atoms with van der Waals surface area (Å²) in [6.07, 6.45) is 1.19. The van der Waals surface area contributed by atoms with E-state index < -0.39 is 23.5 Å². The van der Waals surface area contributed by atoms with Crippen molar-refractivity contribution in [2.24, 2.45) is 0 Å². The lowest BCUT2D eigenvalue weighted by molar-refractivity contribution is 0.157. The van der Waals surface area contributed by atoms with Gasteiger partial charge in [-0.05, 0) is 55.8 Å². The van der Waals surface area contributed by atoms with Crippen LogP contribution in [0.25, 0.3) is 22.0 Å². The summed E-state index contributed by atoms with van der Waals surface area (Å²) in [6, 6.07) is 11.9. The first-order valence-corrected chi connectivity index (χ1v) is 11.8. The van der Waals surface area contributed by atoms with Gasteiger partial charge >= 0.3 is 6.09 Å². The number of methoxy groups -OCH3 is 2. The lowest BCUT2D eigenvalue weighted by Gasteiger charge is -2.20. The highest BCUT2D eigenvalue weighted by Crippen LogP contribution is 2.41. The molecule has 0 unspecified atom stereocenters. The minimum Gasteiger partial charge on any atom is -0.493 e. The number of rotatable bonds is 8. The molecule has 0 aliphatic carbocycles. The summed E-state index contributed by atoms with van der Waals surface area (Å²) in [5.41, 5.74) is 1.81. The van der Waals surface area contributed by atoms with Crippen molar-refractivity contribution in [2.75, 3.05) is 27.3 Å². The van der Waals surface area contributed by atoms with E-state index in [9.17, 15) is 18.0 Å². The predicted molar refractivity (Wildman–Crippen MR) is 135 cm³/mol. The number of aromatic nitrogens is 1. The van der Waals surface area contributed by atoms with E-state index in [1.54, 1.807) is 46.0 Å². The second kappa shape index (κ2) is 10.9. The van der Waals surface area contributed by atoms with Crippen LogP contribution >= 0.6 is 0 Å². The Bertz CT molecular complexity index is 1450. The standard InChI is InChI=1S/C28H27F3N2O4/c1-5-32(6-2)28(34)37-24-10-8-22-20(26(24)17-7-9-23(35-3)25(14-17)36-4)11-12-33(22)16-18-13-19(29)15-21(30)27(18)31/h7-15H,5-6,16H2,1-4H3. The highest BCUT2D eigenvalue weighted by molar-refractivity contribution is 6.00. The normalized spacial score (nSPS) is 11.0. The van der Waals surface area contributed by atoms with Crippen LogP contribution in [0.1, 0.15) is 19.4 Å². The van der Waals surface area contributed by atoms with Gasteiger partial charge in [0.25, 0.3) is 0 Å². The molecule has 4 rings (SSSR count). The van der Waals surface area contributed by atoms with Crippen molar-refractivity contribution in [3.05, 3.63) is 77.7 Å². The number of carbonyl (C=O) groups is 1. The molecule has 0 saturated heterocycles. The van der Waals surface area contributed by atoms with Crippen LogP contribution in [-0.2, 0) is 6.54 Å². The van der Waals surface area contributed by atoms with Gasteiger partial charge in [-0.1, -0.05) is 6.07 Å². The highest BCUT2D eigenvalue weighted by atomic mass is 19.2. The predicted octanol–water partition coefficient (Wildman–Crippen LogP) is 6.63. The first-order valence-electron chi connectivity index (χ1n) is 11.8. The summed E-state index contributed by atoms with van der Waals surface area (Å²) in [5.74, 6) is -1.88. The number of nitrogens with zero attached hydrogens (tertiary/aromatic N) is 2. The Morgan fingerprint density at radius 1 is 0.892 bits per heavy atom. The fourth-order valence-electron chi connectivity index (χ4n) is 4.31. The Kier molecular flexibility index (Phi) is 7.61. The zero-order chi connectivity index (χ0) is 26.7. The lowest BCUT2D eigenvalue weighted by Crippen LogP contribution is -2.33. The summed E-state index contributed by atoms with van der Waals surface area (Å²) in [4.78, 5) is 14.4. The van der Waals surface area contributed by atoms with E-state index >= 15 is 0 Å².